The third kappa shape index (κ3) is 5.93. The van der Waals surface area contributed by atoms with Gasteiger partial charge < -0.3 is 15.2 Å². The summed E-state index contributed by atoms with van der Waals surface area (Å²) in [5, 5.41) is 11.5. The number of carbonyl (C=O) groups excluding carboxylic acids is 1. The number of carboxylic acids is 1. The van der Waals surface area contributed by atoms with Crippen molar-refractivity contribution >= 4 is 23.6 Å². The number of hydrogen-bond acceptors (Lipinski definition) is 4. The molecule has 1 saturated heterocycles. The number of aliphatic carboxylic acids is 1. The first kappa shape index (κ1) is 14.3. The van der Waals surface area contributed by atoms with Crippen LogP contribution in [0.2, 0.25) is 0 Å². The van der Waals surface area contributed by atoms with Crippen LogP contribution in [0.5, 0.6) is 0 Å². The molecule has 1 aliphatic rings. The number of hydrogen-bond donors (Lipinski definition) is 2. The fraction of sp³-hybridized carbons (Fsp3) is 0.818. The van der Waals surface area contributed by atoms with E-state index in [2.05, 4.69) is 5.32 Å². The van der Waals surface area contributed by atoms with E-state index < -0.39 is 11.9 Å². The highest BCUT2D eigenvalue weighted by Gasteiger charge is 2.16. The lowest BCUT2D eigenvalue weighted by Gasteiger charge is -2.11. The molecule has 2 unspecified atom stereocenters. The average Bonchev–Trinajstić information content (AvgIpc) is 2.78. The highest BCUT2D eigenvalue weighted by Crippen LogP contribution is 2.11. The zero-order valence-electron chi connectivity index (χ0n) is 9.98. The molecular weight excluding hydrogens is 242 g/mol. The van der Waals surface area contributed by atoms with Crippen molar-refractivity contribution in [1.29, 1.82) is 0 Å². The van der Waals surface area contributed by atoms with E-state index in [1.807, 2.05) is 0 Å². The largest absolute Gasteiger partial charge is 0.481 e. The second-order valence-corrected chi connectivity index (χ2v) is 5.22. The van der Waals surface area contributed by atoms with Gasteiger partial charge in [-0.15, -0.1) is 0 Å². The number of ether oxygens (including phenoxy) is 1. The summed E-state index contributed by atoms with van der Waals surface area (Å²) < 4.78 is 5.38. The van der Waals surface area contributed by atoms with E-state index in [0.717, 1.165) is 19.4 Å². The van der Waals surface area contributed by atoms with Crippen molar-refractivity contribution in [1.82, 2.24) is 5.32 Å². The van der Waals surface area contributed by atoms with Crippen molar-refractivity contribution in [2.75, 3.05) is 24.7 Å². The molecule has 2 atom stereocenters. The number of amides is 1. The molecule has 0 bridgehead atoms. The minimum atomic E-state index is -0.822. The zero-order chi connectivity index (χ0) is 12.7. The van der Waals surface area contributed by atoms with E-state index in [9.17, 15) is 9.59 Å². The van der Waals surface area contributed by atoms with Gasteiger partial charge in [-0.1, -0.05) is 6.92 Å². The molecular formula is C11H19NO4S. The molecule has 0 aliphatic carbocycles. The van der Waals surface area contributed by atoms with Gasteiger partial charge in [0.05, 0.1) is 17.8 Å². The molecule has 2 N–H and O–H groups in total. The smallest absolute Gasteiger partial charge is 0.307 e. The van der Waals surface area contributed by atoms with E-state index >= 15 is 0 Å². The molecule has 1 aliphatic heterocycles. The van der Waals surface area contributed by atoms with Gasteiger partial charge in [0.2, 0.25) is 5.91 Å². The van der Waals surface area contributed by atoms with Crippen molar-refractivity contribution in [3.05, 3.63) is 0 Å². The predicted molar refractivity (Wildman–Crippen MR) is 66.1 cm³/mol. The lowest BCUT2D eigenvalue weighted by atomic mass is 10.2. The lowest BCUT2D eigenvalue weighted by molar-refractivity contribution is -0.140. The van der Waals surface area contributed by atoms with Crippen LogP contribution in [0.4, 0.5) is 0 Å². The number of carboxylic acid groups (broad SMARTS) is 1. The van der Waals surface area contributed by atoms with Gasteiger partial charge in [0.15, 0.2) is 0 Å². The van der Waals surface area contributed by atoms with Crippen LogP contribution in [-0.4, -0.2) is 47.7 Å². The van der Waals surface area contributed by atoms with Gasteiger partial charge in [-0.25, -0.2) is 0 Å². The second kappa shape index (κ2) is 7.55. The molecule has 1 amide bonds. The molecule has 0 radical (unpaired) electrons. The maximum Gasteiger partial charge on any atom is 0.307 e. The number of nitrogens with one attached hydrogen (secondary N) is 1. The number of thioether (sulfide) groups is 1. The van der Waals surface area contributed by atoms with Crippen LogP contribution in [0.15, 0.2) is 0 Å². The van der Waals surface area contributed by atoms with Gasteiger partial charge in [-0.2, -0.15) is 11.8 Å². The Morgan fingerprint density at radius 1 is 1.59 bits per heavy atom. The van der Waals surface area contributed by atoms with E-state index in [1.165, 1.54) is 11.8 Å². The lowest BCUT2D eigenvalue weighted by Crippen LogP contribution is -2.33. The van der Waals surface area contributed by atoms with Crippen molar-refractivity contribution in [3.63, 3.8) is 0 Å². The summed E-state index contributed by atoms with van der Waals surface area (Å²) in [5.41, 5.74) is 0. The van der Waals surface area contributed by atoms with Gasteiger partial charge in [0, 0.05) is 18.9 Å². The predicted octanol–water partition coefficient (Wildman–Crippen LogP) is 0.735. The van der Waals surface area contributed by atoms with Gasteiger partial charge in [0.1, 0.15) is 0 Å². The molecule has 6 heteroatoms. The molecule has 1 heterocycles. The van der Waals surface area contributed by atoms with Crippen LogP contribution in [0.25, 0.3) is 0 Å². The second-order valence-electron chi connectivity index (χ2n) is 4.19. The first-order valence-corrected chi connectivity index (χ1v) is 6.94. The fourth-order valence-electron chi connectivity index (χ4n) is 1.48. The van der Waals surface area contributed by atoms with Crippen LogP contribution in [0.1, 0.15) is 19.8 Å². The third-order valence-electron chi connectivity index (χ3n) is 2.57. The van der Waals surface area contributed by atoms with Gasteiger partial charge in [-0.05, 0) is 12.8 Å². The molecule has 5 nitrogen and oxygen atoms in total. The molecule has 0 aromatic carbocycles. The summed E-state index contributed by atoms with van der Waals surface area (Å²) >= 11 is 1.35. The quantitative estimate of drug-likeness (QED) is 0.707. The maximum absolute atomic E-state index is 11.4. The third-order valence-corrected chi connectivity index (χ3v) is 3.78. The van der Waals surface area contributed by atoms with Crippen LogP contribution < -0.4 is 5.32 Å². The van der Waals surface area contributed by atoms with E-state index in [0.29, 0.717) is 18.1 Å². The van der Waals surface area contributed by atoms with Crippen LogP contribution in [-0.2, 0) is 14.3 Å². The fourth-order valence-corrected chi connectivity index (χ4v) is 2.39. The standard InChI is InChI=1S/C11H19NO4S/c1-8(11(14)15)6-17-7-10(13)12-5-9-3-2-4-16-9/h8-9H,2-7H2,1H3,(H,12,13)(H,14,15). The number of rotatable bonds is 7. The van der Waals surface area contributed by atoms with Gasteiger partial charge in [0.25, 0.3) is 0 Å². The minimum Gasteiger partial charge on any atom is -0.481 e. The summed E-state index contributed by atoms with van der Waals surface area (Å²) in [4.78, 5) is 22.0. The summed E-state index contributed by atoms with van der Waals surface area (Å²) in [6, 6.07) is 0. The van der Waals surface area contributed by atoms with Crippen molar-refractivity contribution in [2.24, 2.45) is 5.92 Å². The van der Waals surface area contributed by atoms with Gasteiger partial charge >= 0.3 is 5.97 Å². The monoisotopic (exact) mass is 261 g/mol. The van der Waals surface area contributed by atoms with Gasteiger partial charge in [-0.3, -0.25) is 9.59 Å². The highest BCUT2D eigenvalue weighted by molar-refractivity contribution is 7.99. The summed E-state index contributed by atoms with van der Waals surface area (Å²) in [6.45, 7) is 2.99. The summed E-state index contributed by atoms with van der Waals surface area (Å²) in [6.07, 6.45) is 2.22. The minimum absolute atomic E-state index is 0.0527. The van der Waals surface area contributed by atoms with E-state index in [4.69, 9.17) is 9.84 Å². The molecule has 1 rings (SSSR count). The Morgan fingerprint density at radius 2 is 2.35 bits per heavy atom. The zero-order valence-corrected chi connectivity index (χ0v) is 10.8. The Labute approximate surface area is 105 Å². The van der Waals surface area contributed by atoms with Crippen LogP contribution >= 0.6 is 11.8 Å². The Kier molecular flexibility index (Phi) is 6.36. The Balaban J connectivity index is 2.02. The normalized spacial score (nSPS) is 21.1. The van der Waals surface area contributed by atoms with Crippen molar-refractivity contribution < 1.29 is 19.4 Å². The van der Waals surface area contributed by atoms with E-state index in [-0.39, 0.29) is 12.0 Å². The van der Waals surface area contributed by atoms with Crippen molar-refractivity contribution in [2.45, 2.75) is 25.9 Å². The molecule has 17 heavy (non-hydrogen) atoms. The SMILES string of the molecule is CC(CSCC(=O)NCC1CCCO1)C(=O)O. The number of carbonyl (C=O) groups is 2. The van der Waals surface area contributed by atoms with Crippen LogP contribution in [0, 0.1) is 5.92 Å². The summed E-state index contributed by atoms with van der Waals surface area (Å²) in [5.74, 6) is -0.515. The first-order chi connectivity index (χ1) is 8.09. The molecule has 0 aromatic rings. The molecule has 0 spiro atoms. The van der Waals surface area contributed by atoms with Crippen molar-refractivity contribution in [3.8, 4) is 0 Å². The molecule has 0 aromatic heterocycles. The van der Waals surface area contributed by atoms with Crippen LogP contribution in [0.3, 0.4) is 0 Å². The maximum atomic E-state index is 11.4. The topological polar surface area (TPSA) is 75.6 Å². The van der Waals surface area contributed by atoms with E-state index in [1.54, 1.807) is 6.92 Å². The average molecular weight is 261 g/mol. The Bertz CT molecular complexity index is 266. The Hall–Kier alpha value is -0.750. The first-order valence-electron chi connectivity index (χ1n) is 5.78. The summed E-state index contributed by atoms with van der Waals surface area (Å²) in [7, 11) is 0. The highest BCUT2D eigenvalue weighted by atomic mass is 32.2. The molecule has 1 fully saturated rings. The molecule has 98 valence electrons. The molecule has 0 saturated carbocycles. The Morgan fingerprint density at radius 3 is 2.94 bits per heavy atom.